The van der Waals surface area contributed by atoms with Crippen LogP contribution in [0.25, 0.3) is 0 Å². The number of nitrogens with two attached hydrogens (primary N) is 2. The lowest BCUT2D eigenvalue weighted by Crippen LogP contribution is -2.29. The van der Waals surface area contributed by atoms with Crippen molar-refractivity contribution >= 4 is 5.91 Å². The zero-order chi connectivity index (χ0) is 9.14. The molecule has 1 rings (SSSR count). The Kier molecular flexibility index (Phi) is 2.50. The van der Waals surface area contributed by atoms with Crippen molar-refractivity contribution in [3.63, 3.8) is 0 Å². The minimum atomic E-state index is 0.00727. The van der Waals surface area contributed by atoms with Gasteiger partial charge in [-0.05, 0) is 5.57 Å². The Labute approximate surface area is 71.5 Å². The predicted octanol–water partition coefficient (Wildman–Crippen LogP) is -0.466. The van der Waals surface area contributed by atoms with Crippen LogP contribution < -0.4 is 11.5 Å². The fourth-order valence-electron chi connectivity index (χ4n) is 1.20. The first-order chi connectivity index (χ1) is 5.70. The maximum atomic E-state index is 11.2. The zero-order valence-electron chi connectivity index (χ0n) is 6.92. The fraction of sp³-hybridized carbons (Fsp3) is 0.375. The van der Waals surface area contributed by atoms with Crippen LogP contribution >= 0.6 is 0 Å². The van der Waals surface area contributed by atoms with Crippen molar-refractivity contribution < 1.29 is 4.79 Å². The molecule has 1 heterocycles. The SMILES string of the molecule is C=CCN1C(=O)CC(CN)=C1N. The standard InChI is InChI=1S/C8H13N3O/c1-2-3-11-7(12)4-6(5-9)8(11)10/h2H,1,3-5,9-10H2. The van der Waals surface area contributed by atoms with Crippen molar-refractivity contribution in [3.8, 4) is 0 Å². The molecule has 0 unspecified atom stereocenters. The largest absolute Gasteiger partial charge is 0.385 e. The van der Waals surface area contributed by atoms with E-state index in [4.69, 9.17) is 11.5 Å². The molecule has 0 fully saturated rings. The lowest BCUT2D eigenvalue weighted by Gasteiger charge is -2.14. The molecule has 1 aliphatic rings. The van der Waals surface area contributed by atoms with Gasteiger partial charge in [-0.1, -0.05) is 6.08 Å². The summed E-state index contributed by atoms with van der Waals surface area (Å²) in [6.07, 6.45) is 2.00. The molecule has 0 aromatic rings. The summed E-state index contributed by atoms with van der Waals surface area (Å²) in [6.45, 7) is 4.36. The van der Waals surface area contributed by atoms with Gasteiger partial charge in [-0.3, -0.25) is 9.69 Å². The summed E-state index contributed by atoms with van der Waals surface area (Å²) >= 11 is 0. The van der Waals surface area contributed by atoms with Crippen molar-refractivity contribution in [2.24, 2.45) is 11.5 Å². The van der Waals surface area contributed by atoms with E-state index in [1.165, 1.54) is 4.90 Å². The second kappa shape index (κ2) is 3.40. The van der Waals surface area contributed by atoms with Gasteiger partial charge in [-0.2, -0.15) is 0 Å². The van der Waals surface area contributed by atoms with Crippen molar-refractivity contribution in [2.75, 3.05) is 13.1 Å². The van der Waals surface area contributed by atoms with Gasteiger partial charge in [0.15, 0.2) is 0 Å². The molecule has 12 heavy (non-hydrogen) atoms. The first kappa shape index (κ1) is 8.80. The number of amides is 1. The molecule has 0 bridgehead atoms. The van der Waals surface area contributed by atoms with Gasteiger partial charge in [-0.15, -0.1) is 6.58 Å². The normalized spacial score (nSPS) is 17.4. The maximum Gasteiger partial charge on any atom is 0.232 e. The second-order valence-corrected chi connectivity index (χ2v) is 2.66. The number of nitrogens with zero attached hydrogens (tertiary/aromatic N) is 1. The molecule has 66 valence electrons. The molecule has 0 aromatic heterocycles. The Hall–Kier alpha value is -1.29. The van der Waals surface area contributed by atoms with E-state index in [1.54, 1.807) is 6.08 Å². The van der Waals surface area contributed by atoms with Crippen molar-refractivity contribution in [3.05, 3.63) is 24.0 Å². The summed E-state index contributed by atoms with van der Waals surface area (Å²) in [4.78, 5) is 12.7. The van der Waals surface area contributed by atoms with Gasteiger partial charge in [-0.25, -0.2) is 0 Å². The lowest BCUT2D eigenvalue weighted by molar-refractivity contribution is -0.126. The summed E-state index contributed by atoms with van der Waals surface area (Å²) in [5.41, 5.74) is 11.9. The van der Waals surface area contributed by atoms with E-state index in [1.807, 2.05) is 0 Å². The summed E-state index contributed by atoms with van der Waals surface area (Å²) in [5, 5.41) is 0. The monoisotopic (exact) mass is 167 g/mol. The minimum Gasteiger partial charge on any atom is -0.385 e. The van der Waals surface area contributed by atoms with E-state index >= 15 is 0 Å². The van der Waals surface area contributed by atoms with Crippen LogP contribution in [-0.4, -0.2) is 23.9 Å². The van der Waals surface area contributed by atoms with Gasteiger partial charge >= 0.3 is 0 Å². The molecule has 0 saturated heterocycles. The molecule has 0 spiro atoms. The maximum absolute atomic E-state index is 11.2. The van der Waals surface area contributed by atoms with E-state index in [9.17, 15) is 4.79 Å². The van der Waals surface area contributed by atoms with Crippen LogP contribution in [0.1, 0.15) is 6.42 Å². The topological polar surface area (TPSA) is 72.3 Å². The van der Waals surface area contributed by atoms with Crippen LogP contribution in [0, 0.1) is 0 Å². The molecule has 4 heteroatoms. The van der Waals surface area contributed by atoms with E-state index in [0.717, 1.165) is 5.57 Å². The van der Waals surface area contributed by atoms with E-state index in [-0.39, 0.29) is 5.91 Å². The first-order valence-electron chi connectivity index (χ1n) is 3.79. The Morgan fingerprint density at radius 1 is 1.67 bits per heavy atom. The van der Waals surface area contributed by atoms with Crippen LogP contribution in [0.15, 0.2) is 24.0 Å². The zero-order valence-corrected chi connectivity index (χ0v) is 6.92. The minimum absolute atomic E-state index is 0.00727. The fourth-order valence-corrected chi connectivity index (χ4v) is 1.20. The molecular formula is C8H13N3O. The number of hydrogen-bond donors (Lipinski definition) is 2. The molecule has 0 aromatic carbocycles. The predicted molar refractivity (Wildman–Crippen MR) is 46.8 cm³/mol. The van der Waals surface area contributed by atoms with Crippen LogP contribution in [0.3, 0.4) is 0 Å². The van der Waals surface area contributed by atoms with Crippen molar-refractivity contribution in [2.45, 2.75) is 6.42 Å². The molecule has 0 radical (unpaired) electrons. The van der Waals surface area contributed by atoms with E-state index < -0.39 is 0 Å². The van der Waals surface area contributed by atoms with E-state index in [0.29, 0.717) is 25.3 Å². The molecule has 4 N–H and O–H groups in total. The molecule has 0 aliphatic carbocycles. The highest BCUT2D eigenvalue weighted by Gasteiger charge is 2.25. The van der Waals surface area contributed by atoms with Crippen molar-refractivity contribution in [1.29, 1.82) is 0 Å². The molecule has 1 aliphatic heterocycles. The quantitative estimate of drug-likeness (QED) is 0.558. The average molecular weight is 167 g/mol. The Balaban J connectivity index is 2.80. The number of hydrogen-bond acceptors (Lipinski definition) is 3. The van der Waals surface area contributed by atoms with Gasteiger partial charge in [0.2, 0.25) is 5.91 Å². The summed E-state index contributed by atoms with van der Waals surface area (Å²) in [5.74, 6) is 0.509. The summed E-state index contributed by atoms with van der Waals surface area (Å²) in [7, 11) is 0. The number of carbonyl (C=O) groups excluding carboxylic acids is 1. The third-order valence-corrected chi connectivity index (χ3v) is 1.88. The highest BCUT2D eigenvalue weighted by atomic mass is 16.2. The van der Waals surface area contributed by atoms with Crippen LogP contribution in [-0.2, 0) is 4.79 Å². The molecule has 4 nitrogen and oxygen atoms in total. The third kappa shape index (κ3) is 1.33. The highest BCUT2D eigenvalue weighted by Crippen LogP contribution is 2.18. The second-order valence-electron chi connectivity index (χ2n) is 2.66. The Morgan fingerprint density at radius 2 is 2.33 bits per heavy atom. The van der Waals surface area contributed by atoms with Gasteiger partial charge in [0.1, 0.15) is 5.82 Å². The molecule has 0 saturated carbocycles. The first-order valence-corrected chi connectivity index (χ1v) is 3.79. The summed E-state index contributed by atoms with van der Waals surface area (Å²) in [6, 6.07) is 0. The molecule has 0 atom stereocenters. The van der Waals surface area contributed by atoms with Crippen LogP contribution in [0.5, 0.6) is 0 Å². The molecular weight excluding hydrogens is 154 g/mol. The van der Waals surface area contributed by atoms with Gasteiger partial charge in [0, 0.05) is 13.1 Å². The number of rotatable bonds is 3. The lowest BCUT2D eigenvalue weighted by atomic mass is 10.2. The van der Waals surface area contributed by atoms with Gasteiger partial charge in [0.25, 0.3) is 0 Å². The Morgan fingerprint density at radius 3 is 2.75 bits per heavy atom. The van der Waals surface area contributed by atoms with Crippen molar-refractivity contribution in [1.82, 2.24) is 4.90 Å². The van der Waals surface area contributed by atoms with E-state index in [2.05, 4.69) is 6.58 Å². The third-order valence-electron chi connectivity index (χ3n) is 1.88. The average Bonchev–Trinajstić information content (AvgIpc) is 2.32. The van der Waals surface area contributed by atoms with Gasteiger partial charge < -0.3 is 11.5 Å². The molecule has 1 amide bonds. The summed E-state index contributed by atoms with van der Waals surface area (Å²) < 4.78 is 0. The number of carbonyl (C=O) groups is 1. The van der Waals surface area contributed by atoms with Crippen LogP contribution in [0.4, 0.5) is 0 Å². The highest BCUT2D eigenvalue weighted by molar-refractivity contribution is 5.84. The smallest absolute Gasteiger partial charge is 0.232 e. The van der Waals surface area contributed by atoms with Crippen LogP contribution in [0.2, 0.25) is 0 Å². The Bertz CT molecular complexity index is 245. The van der Waals surface area contributed by atoms with Gasteiger partial charge in [0.05, 0.1) is 6.42 Å².